The van der Waals surface area contributed by atoms with Gasteiger partial charge in [-0.3, -0.25) is 4.55 Å². The van der Waals surface area contributed by atoms with Crippen LogP contribution in [0.25, 0.3) is 0 Å². The van der Waals surface area contributed by atoms with Gasteiger partial charge < -0.3 is 4.74 Å². The fourth-order valence-corrected chi connectivity index (χ4v) is 2.54. The molecule has 0 spiro atoms. The van der Waals surface area contributed by atoms with Crippen molar-refractivity contribution in [2.24, 2.45) is 0 Å². The van der Waals surface area contributed by atoms with E-state index in [1.807, 2.05) is 0 Å². The molecule has 0 saturated carbocycles. The van der Waals surface area contributed by atoms with E-state index in [2.05, 4.69) is 11.1 Å². The summed E-state index contributed by atoms with van der Waals surface area (Å²) >= 11 is 0. The maximum absolute atomic E-state index is 11.4. The van der Waals surface area contributed by atoms with E-state index in [0.717, 1.165) is 19.3 Å². The minimum absolute atomic E-state index is 0. The zero-order chi connectivity index (χ0) is 16.8. The largest absolute Gasteiger partial charge is 0.464 e. The standard InChI is InChI=1S/C15H30O6S.Na/c1-3-4-5-6-7-8-9-10-11-12-13-20-15(16)14(2)21-22(17,18)19;/h14H,3-13H2,1-2H3,(H,17,18,19);. The SMILES string of the molecule is CCCCCCCCCCCCOC(=O)C(C)OS(=O)(=O)O.[Na]. The van der Waals surface area contributed by atoms with Gasteiger partial charge in [-0.05, 0) is 13.3 Å². The monoisotopic (exact) mass is 361 g/mol. The maximum atomic E-state index is 11.4. The average Bonchev–Trinajstić information content (AvgIpc) is 2.42. The molecule has 1 radical (unpaired) electrons. The van der Waals surface area contributed by atoms with Crippen LogP contribution in [-0.2, 0) is 24.1 Å². The average molecular weight is 361 g/mol. The molecular weight excluding hydrogens is 331 g/mol. The molecule has 0 aliphatic carbocycles. The molecule has 0 heterocycles. The molecule has 0 rings (SSSR count). The molecule has 0 saturated heterocycles. The third kappa shape index (κ3) is 18.5. The van der Waals surface area contributed by atoms with E-state index >= 15 is 0 Å². The maximum Gasteiger partial charge on any atom is 0.398 e. The van der Waals surface area contributed by atoms with Gasteiger partial charge in [-0.15, -0.1) is 0 Å². The van der Waals surface area contributed by atoms with Crippen LogP contribution < -0.4 is 0 Å². The number of carbonyl (C=O) groups is 1. The van der Waals surface area contributed by atoms with Crippen LogP contribution in [0.1, 0.15) is 78.1 Å². The fraction of sp³-hybridized carbons (Fsp3) is 0.933. The zero-order valence-corrected chi connectivity index (χ0v) is 17.6. The first-order valence-electron chi connectivity index (χ1n) is 8.19. The first-order valence-corrected chi connectivity index (χ1v) is 9.55. The van der Waals surface area contributed by atoms with Crippen LogP contribution in [0.15, 0.2) is 0 Å². The molecule has 23 heavy (non-hydrogen) atoms. The van der Waals surface area contributed by atoms with Crippen molar-refractivity contribution in [1.82, 2.24) is 0 Å². The molecular formula is C15H30NaO6S. The van der Waals surface area contributed by atoms with Gasteiger partial charge in [0.25, 0.3) is 0 Å². The minimum Gasteiger partial charge on any atom is -0.464 e. The molecule has 0 aromatic carbocycles. The van der Waals surface area contributed by atoms with E-state index in [4.69, 9.17) is 9.29 Å². The van der Waals surface area contributed by atoms with Crippen molar-refractivity contribution in [3.8, 4) is 0 Å². The van der Waals surface area contributed by atoms with E-state index < -0.39 is 22.5 Å². The second-order valence-corrected chi connectivity index (χ2v) is 6.56. The fourth-order valence-electron chi connectivity index (χ4n) is 2.10. The predicted molar refractivity (Wildman–Crippen MR) is 90.7 cm³/mol. The second-order valence-electron chi connectivity index (χ2n) is 5.52. The first kappa shape index (κ1) is 25.6. The summed E-state index contributed by atoms with van der Waals surface area (Å²) in [6, 6.07) is 0. The Morgan fingerprint density at radius 2 is 1.39 bits per heavy atom. The van der Waals surface area contributed by atoms with Crippen molar-refractivity contribution in [3.05, 3.63) is 0 Å². The molecule has 0 aromatic heterocycles. The minimum atomic E-state index is -4.62. The Kier molecular flexibility index (Phi) is 17.6. The number of hydrogen-bond acceptors (Lipinski definition) is 5. The molecule has 0 aliphatic rings. The molecule has 6 nitrogen and oxygen atoms in total. The summed E-state index contributed by atoms with van der Waals surface area (Å²) in [7, 11) is -4.62. The van der Waals surface area contributed by atoms with Crippen molar-refractivity contribution < 1.29 is 26.7 Å². The topological polar surface area (TPSA) is 89.9 Å². The first-order chi connectivity index (χ1) is 10.4. The number of hydrogen-bond donors (Lipinski definition) is 1. The molecule has 1 atom stereocenters. The van der Waals surface area contributed by atoms with Gasteiger partial charge in [0.05, 0.1) is 6.61 Å². The number of ether oxygens (including phenoxy) is 1. The van der Waals surface area contributed by atoms with Gasteiger partial charge in [0.1, 0.15) is 0 Å². The molecule has 1 N–H and O–H groups in total. The normalized spacial score (nSPS) is 12.5. The van der Waals surface area contributed by atoms with Crippen LogP contribution in [0.3, 0.4) is 0 Å². The molecule has 8 heteroatoms. The van der Waals surface area contributed by atoms with Crippen molar-refractivity contribution in [2.75, 3.05) is 6.61 Å². The van der Waals surface area contributed by atoms with Gasteiger partial charge in [0.2, 0.25) is 0 Å². The van der Waals surface area contributed by atoms with Gasteiger partial charge in [-0.1, -0.05) is 64.7 Å². The Balaban J connectivity index is 0. The number of unbranched alkanes of at least 4 members (excludes halogenated alkanes) is 9. The van der Waals surface area contributed by atoms with Crippen LogP contribution in [-0.4, -0.2) is 61.2 Å². The Bertz CT molecular complexity index is 385. The van der Waals surface area contributed by atoms with E-state index in [0.29, 0.717) is 0 Å². The summed E-state index contributed by atoms with van der Waals surface area (Å²) in [6.07, 6.45) is 10.5. The number of rotatable bonds is 14. The summed E-state index contributed by atoms with van der Waals surface area (Å²) in [5.74, 6) is -0.784. The third-order valence-corrected chi connectivity index (χ3v) is 3.87. The van der Waals surface area contributed by atoms with E-state index in [1.54, 1.807) is 0 Å². The Morgan fingerprint density at radius 3 is 1.83 bits per heavy atom. The molecule has 133 valence electrons. The van der Waals surface area contributed by atoms with E-state index in [-0.39, 0.29) is 36.2 Å². The van der Waals surface area contributed by atoms with Crippen LogP contribution in [0.5, 0.6) is 0 Å². The van der Waals surface area contributed by atoms with Gasteiger partial charge in [-0.2, -0.15) is 8.42 Å². The Morgan fingerprint density at radius 1 is 0.957 bits per heavy atom. The van der Waals surface area contributed by atoms with Crippen LogP contribution >= 0.6 is 0 Å². The molecule has 1 unspecified atom stereocenters. The predicted octanol–water partition coefficient (Wildman–Crippen LogP) is 3.28. The summed E-state index contributed by atoms with van der Waals surface area (Å²) in [5.41, 5.74) is 0. The summed E-state index contributed by atoms with van der Waals surface area (Å²) in [6.45, 7) is 3.67. The van der Waals surface area contributed by atoms with Gasteiger partial charge in [0.15, 0.2) is 6.10 Å². The van der Waals surface area contributed by atoms with Gasteiger partial charge >= 0.3 is 16.4 Å². The Hall–Kier alpha value is 0.340. The van der Waals surface area contributed by atoms with Crippen molar-refractivity contribution in [1.29, 1.82) is 0 Å². The van der Waals surface area contributed by atoms with E-state index in [9.17, 15) is 13.2 Å². The number of esters is 1. The van der Waals surface area contributed by atoms with Crippen LogP contribution in [0.2, 0.25) is 0 Å². The zero-order valence-electron chi connectivity index (χ0n) is 14.8. The van der Waals surface area contributed by atoms with Crippen molar-refractivity contribution in [2.45, 2.75) is 84.2 Å². The van der Waals surface area contributed by atoms with Crippen LogP contribution in [0.4, 0.5) is 0 Å². The summed E-state index contributed by atoms with van der Waals surface area (Å²) in [4.78, 5) is 11.4. The third-order valence-electron chi connectivity index (χ3n) is 3.34. The van der Waals surface area contributed by atoms with Crippen LogP contribution in [0, 0.1) is 0 Å². The molecule has 0 aromatic rings. The molecule has 0 amide bonds. The molecule has 0 aliphatic heterocycles. The molecule has 0 fully saturated rings. The van der Waals surface area contributed by atoms with Crippen molar-refractivity contribution >= 4 is 45.9 Å². The van der Waals surface area contributed by atoms with Crippen molar-refractivity contribution in [3.63, 3.8) is 0 Å². The smallest absolute Gasteiger partial charge is 0.398 e. The second kappa shape index (κ2) is 15.8. The van der Waals surface area contributed by atoms with Gasteiger partial charge in [0, 0.05) is 29.6 Å². The number of carbonyl (C=O) groups excluding carboxylic acids is 1. The Labute approximate surface area is 162 Å². The summed E-state index contributed by atoms with van der Waals surface area (Å²) in [5, 5.41) is 0. The summed E-state index contributed by atoms with van der Waals surface area (Å²) < 4.78 is 38.3. The van der Waals surface area contributed by atoms with Gasteiger partial charge in [-0.25, -0.2) is 8.98 Å². The quantitative estimate of drug-likeness (QED) is 0.221. The molecule has 0 bridgehead atoms. The van der Waals surface area contributed by atoms with E-state index in [1.165, 1.54) is 51.9 Å².